The molecule has 0 radical (unpaired) electrons. The van der Waals surface area contributed by atoms with Crippen LogP contribution < -0.4 is 4.90 Å². The molecule has 3 aromatic rings. The van der Waals surface area contributed by atoms with Crippen LogP contribution >= 0.6 is 0 Å². The predicted octanol–water partition coefficient (Wildman–Crippen LogP) is 3.77. The Hall–Kier alpha value is -2.29. The van der Waals surface area contributed by atoms with E-state index in [-0.39, 0.29) is 0 Å². The fourth-order valence-electron chi connectivity index (χ4n) is 2.24. The van der Waals surface area contributed by atoms with Crippen LogP contribution in [0, 0.1) is 6.92 Å². The van der Waals surface area contributed by atoms with Crippen LogP contribution in [0.15, 0.2) is 53.1 Å². The lowest BCUT2D eigenvalue weighted by molar-refractivity contribution is 0.507. The Morgan fingerprint density at radius 3 is 2.79 bits per heavy atom. The lowest BCUT2D eigenvalue weighted by Gasteiger charge is -2.18. The van der Waals surface area contributed by atoms with E-state index in [4.69, 9.17) is 9.40 Å². The van der Waals surface area contributed by atoms with Gasteiger partial charge in [0.2, 0.25) is 0 Å². The Morgan fingerprint density at radius 2 is 2.00 bits per heavy atom. The summed E-state index contributed by atoms with van der Waals surface area (Å²) in [4.78, 5) is 6.80. The first-order valence-corrected chi connectivity index (χ1v) is 6.34. The van der Waals surface area contributed by atoms with E-state index in [0.717, 1.165) is 23.6 Å². The lowest BCUT2D eigenvalue weighted by Crippen LogP contribution is -2.17. The summed E-state index contributed by atoms with van der Waals surface area (Å²) in [6.07, 6.45) is 1.70. The molecule has 2 heterocycles. The number of fused-ring (bicyclic) bond motifs is 1. The minimum atomic E-state index is 0.720. The second-order valence-electron chi connectivity index (χ2n) is 4.75. The molecule has 0 N–H and O–H groups in total. The van der Waals surface area contributed by atoms with E-state index in [9.17, 15) is 0 Å². The molecule has 0 bridgehead atoms. The molecule has 2 aromatic heterocycles. The van der Waals surface area contributed by atoms with E-state index >= 15 is 0 Å². The van der Waals surface area contributed by atoms with E-state index < -0.39 is 0 Å². The Balaban J connectivity index is 1.96. The standard InChI is InChI=1S/C16H16N2O/c1-12-10-16(17-15-8-4-3-7-14(12)15)18(2)11-13-6-5-9-19-13/h3-10H,11H2,1-2H3. The molecular formula is C16H16N2O. The number of nitrogens with zero attached hydrogens (tertiary/aromatic N) is 2. The summed E-state index contributed by atoms with van der Waals surface area (Å²) in [5.74, 6) is 1.91. The molecule has 3 rings (SSSR count). The van der Waals surface area contributed by atoms with E-state index in [1.807, 2.05) is 37.4 Å². The minimum absolute atomic E-state index is 0.720. The third-order valence-corrected chi connectivity index (χ3v) is 3.27. The first-order valence-electron chi connectivity index (χ1n) is 6.34. The molecule has 0 fully saturated rings. The molecular weight excluding hydrogens is 236 g/mol. The maximum absolute atomic E-state index is 5.37. The summed E-state index contributed by atoms with van der Waals surface area (Å²) in [6, 6.07) is 14.2. The molecule has 0 spiro atoms. The number of para-hydroxylation sites is 1. The Labute approximate surface area is 112 Å². The van der Waals surface area contributed by atoms with Crippen molar-refractivity contribution in [3.63, 3.8) is 0 Å². The van der Waals surface area contributed by atoms with Gasteiger partial charge in [-0.2, -0.15) is 0 Å². The molecule has 19 heavy (non-hydrogen) atoms. The van der Waals surface area contributed by atoms with E-state index in [1.54, 1.807) is 6.26 Å². The zero-order chi connectivity index (χ0) is 13.2. The number of anilines is 1. The summed E-state index contributed by atoms with van der Waals surface area (Å²) >= 11 is 0. The zero-order valence-electron chi connectivity index (χ0n) is 11.1. The van der Waals surface area contributed by atoms with Crippen molar-refractivity contribution in [1.29, 1.82) is 0 Å². The third-order valence-electron chi connectivity index (χ3n) is 3.27. The average molecular weight is 252 g/mol. The van der Waals surface area contributed by atoms with Crippen molar-refractivity contribution in [2.45, 2.75) is 13.5 Å². The molecule has 3 heteroatoms. The summed E-state index contributed by atoms with van der Waals surface area (Å²) in [5.41, 5.74) is 2.27. The topological polar surface area (TPSA) is 29.3 Å². The van der Waals surface area contributed by atoms with E-state index in [2.05, 4.69) is 24.0 Å². The van der Waals surface area contributed by atoms with E-state index in [0.29, 0.717) is 0 Å². The smallest absolute Gasteiger partial charge is 0.129 e. The lowest BCUT2D eigenvalue weighted by atomic mass is 10.1. The van der Waals surface area contributed by atoms with Crippen LogP contribution in [0.2, 0.25) is 0 Å². The SMILES string of the molecule is Cc1cc(N(C)Cc2ccco2)nc2ccccc12. The van der Waals surface area contributed by atoms with Gasteiger partial charge in [-0.1, -0.05) is 18.2 Å². The van der Waals surface area contributed by atoms with Crippen molar-refractivity contribution >= 4 is 16.7 Å². The number of pyridine rings is 1. The monoisotopic (exact) mass is 252 g/mol. The number of aryl methyl sites for hydroxylation is 1. The van der Waals surface area contributed by atoms with Gasteiger partial charge in [-0.05, 0) is 36.8 Å². The number of aromatic nitrogens is 1. The van der Waals surface area contributed by atoms with Crippen molar-refractivity contribution in [3.8, 4) is 0 Å². The van der Waals surface area contributed by atoms with Crippen LogP contribution in [0.3, 0.4) is 0 Å². The Kier molecular flexibility index (Phi) is 2.95. The van der Waals surface area contributed by atoms with Gasteiger partial charge in [-0.15, -0.1) is 0 Å². The molecule has 0 unspecified atom stereocenters. The quantitative estimate of drug-likeness (QED) is 0.710. The second-order valence-corrected chi connectivity index (χ2v) is 4.75. The van der Waals surface area contributed by atoms with Crippen molar-refractivity contribution in [2.24, 2.45) is 0 Å². The van der Waals surface area contributed by atoms with Crippen molar-refractivity contribution in [2.75, 3.05) is 11.9 Å². The van der Waals surface area contributed by atoms with Crippen LogP contribution in [0.25, 0.3) is 10.9 Å². The first kappa shape index (κ1) is 11.8. The molecule has 1 aromatic carbocycles. The summed E-state index contributed by atoms with van der Waals surface area (Å²) < 4.78 is 5.37. The zero-order valence-corrected chi connectivity index (χ0v) is 11.1. The van der Waals surface area contributed by atoms with Gasteiger partial charge in [-0.3, -0.25) is 0 Å². The van der Waals surface area contributed by atoms with Gasteiger partial charge in [-0.25, -0.2) is 4.98 Å². The van der Waals surface area contributed by atoms with Gasteiger partial charge in [0.05, 0.1) is 18.3 Å². The number of hydrogen-bond acceptors (Lipinski definition) is 3. The Morgan fingerprint density at radius 1 is 1.16 bits per heavy atom. The van der Waals surface area contributed by atoms with Crippen molar-refractivity contribution < 1.29 is 4.42 Å². The largest absolute Gasteiger partial charge is 0.467 e. The van der Waals surface area contributed by atoms with Crippen LogP contribution in [-0.4, -0.2) is 12.0 Å². The maximum atomic E-state index is 5.37. The molecule has 3 nitrogen and oxygen atoms in total. The van der Waals surface area contributed by atoms with Gasteiger partial charge in [0.1, 0.15) is 11.6 Å². The average Bonchev–Trinajstić information content (AvgIpc) is 2.91. The Bertz CT molecular complexity index is 689. The fraction of sp³-hybridized carbons (Fsp3) is 0.188. The minimum Gasteiger partial charge on any atom is -0.467 e. The van der Waals surface area contributed by atoms with Crippen molar-refractivity contribution in [1.82, 2.24) is 4.98 Å². The molecule has 0 saturated carbocycles. The third kappa shape index (κ3) is 2.32. The summed E-state index contributed by atoms with van der Waals surface area (Å²) in [5, 5.41) is 1.21. The van der Waals surface area contributed by atoms with Gasteiger partial charge in [0, 0.05) is 12.4 Å². The predicted molar refractivity (Wildman–Crippen MR) is 77.3 cm³/mol. The maximum Gasteiger partial charge on any atom is 0.129 e. The number of benzene rings is 1. The molecule has 0 aliphatic rings. The highest BCUT2D eigenvalue weighted by Crippen LogP contribution is 2.22. The molecule has 0 saturated heterocycles. The van der Waals surface area contributed by atoms with Gasteiger partial charge in [0.15, 0.2) is 0 Å². The van der Waals surface area contributed by atoms with Gasteiger partial charge >= 0.3 is 0 Å². The number of furan rings is 1. The van der Waals surface area contributed by atoms with Crippen LogP contribution in [0.5, 0.6) is 0 Å². The van der Waals surface area contributed by atoms with Crippen molar-refractivity contribution in [3.05, 3.63) is 60.1 Å². The number of hydrogen-bond donors (Lipinski definition) is 0. The molecule has 0 amide bonds. The van der Waals surface area contributed by atoms with E-state index in [1.165, 1.54) is 10.9 Å². The molecule has 0 aliphatic heterocycles. The highest BCUT2D eigenvalue weighted by molar-refractivity contribution is 5.83. The molecule has 0 atom stereocenters. The second kappa shape index (κ2) is 4.76. The van der Waals surface area contributed by atoms with Crippen LogP contribution in [0.4, 0.5) is 5.82 Å². The number of rotatable bonds is 3. The van der Waals surface area contributed by atoms with Gasteiger partial charge < -0.3 is 9.32 Å². The molecule has 96 valence electrons. The van der Waals surface area contributed by atoms with Crippen LogP contribution in [0.1, 0.15) is 11.3 Å². The fourth-order valence-corrected chi connectivity index (χ4v) is 2.24. The highest BCUT2D eigenvalue weighted by Gasteiger charge is 2.08. The van der Waals surface area contributed by atoms with Crippen LogP contribution in [-0.2, 0) is 6.54 Å². The first-order chi connectivity index (χ1) is 9.24. The highest BCUT2D eigenvalue weighted by atomic mass is 16.3. The normalized spacial score (nSPS) is 10.8. The summed E-state index contributed by atoms with van der Waals surface area (Å²) in [6.45, 7) is 2.84. The van der Waals surface area contributed by atoms with Gasteiger partial charge in [0.25, 0.3) is 0 Å². The molecule has 0 aliphatic carbocycles. The summed E-state index contributed by atoms with van der Waals surface area (Å²) in [7, 11) is 2.03.